The van der Waals surface area contributed by atoms with Crippen molar-refractivity contribution in [2.24, 2.45) is 0 Å². The molecule has 21 heavy (non-hydrogen) atoms. The fourth-order valence-electron chi connectivity index (χ4n) is 2.25. The molecule has 4 nitrogen and oxygen atoms in total. The molecule has 0 aliphatic heterocycles. The minimum atomic E-state index is -3.12. The molecule has 0 radical (unpaired) electrons. The lowest BCUT2D eigenvalue weighted by Gasteiger charge is -2.08. The van der Waals surface area contributed by atoms with E-state index in [1.165, 1.54) is 12.1 Å². The highest BCUT2D eigenvalue weighted by Gasteiger charge is 2.07. The molecule has 0 bridgehead atoms. The van der Waals surface area contributed by atoms with Crippen LogP contribution in [0.15, 0.2) is 60.7 Å². The van der Waals surface area contributed by atoms with Gasteiger partial charge in [-0.3, -0.25) is 0 Å². The summed E-state index contributed by atoms with van der Waals surface area (Å²) in [7, 11) is -3.12. The topological polar surface area (TPSA) is 66.8 Å². The summed E-state index contributed by atoms with van der Waals surface area (Å²) in [5, 5.41) is 12.1. The van der Waals surface area contributed by atoms with Gasteiger partial charge in [0.15, 0.2) is 11.5 Å². The molecule has 0 heterocycles. The summed E-state index contributed by atoms with van der Waals surface area (Å²) in [5.41, 5.74) is 1.76. The van der Waals surface area contributed by atoms with Gasteiger partial charge in [0, 0.05) is 0 Å². The third-order valence-electron chi connectivity index (χ3n) is 3.24. The minimum absolute atomic E-state index is 0.00549. The molecule has 0 spiro atoms. The third kappa shape index (κ3) is 2.92. The monoisotopic (exact) mass is 300 g/mol. The summed E-state index contributed by atoms with van der Waals surface area (Å²) in [6.07, 6.45) is 0. The molecule has 2 N–H and O–H groups in total. The first-order valence-corrected chi connectivity index (χ1v) is 7.63. The largest absolute Gasteiger partial charge is 0.504 e. The first kappa shape index (κ1) is 13.7. The predicted molar refractivity (Wildman–Crippen MR) is 82.9 cm³/mol. The number of hydrogen-bond donors (Lipinski definition) is 2. The number of fused-ring (bicyclic) bond motifs is 1. The average molecular weight is 300 g/mol. The minimum Gasteiger partial charge on any atom is -0.504 e. The summed E-state index contributed by atoms with van der Waals surface area (Å²) < 4.78 is 15.3. The van der Waals surface area contributed by atoms with Crippen LogP contribution < -0.4 is 4.52 Å². The molecular weight excluding hydrogens is 287 g/mol. The molecule has 5 heteroatoms. The Balaban J connectivity index is 2.02. The standard InChI is InChI=1S/C16H13O4P/c17-15-10-14(7-8-16(15)20-21(18)19)13-6-5-11-3-1-2-4-12(11)9-13/h1-10,17,21H,(H,18,19). The second kappa shape index (κ2) is 5.60. The second-order valence-electron chi connectivity index (χ2n) is 4.61. The molecule has 3 aromatic carbocycles. The summed E-state index contributed by atoms with van der Waals surface area (Å²) in [4.78, 5) is 8.75. The van der Waals surface area contributed by atoms with Crippen molar-refractivity contribution in [2.45, 2.75) is 0 Å². The van der Waals surface area contributed by atoms with Gasteiger partial charge in [0.05, 0.1) is 0 Å². The van der Waals surface area contributed by atoms with Gasteiger partial charge in [-0.2, -0.15) is 0 Å². The molecule has 0 aliphatic carbocycles. The normalized spacial score (nSPS) is 12.2. The molecule has 106 valence electrons. The predicted octanol–water partition coefficient (Wildman–Crippen LogP) is 3.97. The van der Waals surface area contributed by atoms with E-state index in [4.69, 9.17) is 4.89 Å². The summed E-state index contributed by atoms with van der Waals surface area (Å²) >= 11 is 0. The van der Waals surface area contributed by atoms with Crippen molar-refractivity contribution < 1.29 is 19.1 Å². The Hall–Kier alpha value is -2.29. The smallest absolute Gasteiger partial charge is 0.365 e. The summed E-state index contributed by atoms with van der Waals surface area (Å²) in [5.74, 6) is -0.154. The van der Waals surface area contributed by atoms with Crippen LogP contribution in [-0.4, -0.2) is 10.00 Å². The van der Waals surface area contributed by atoms with Crippen LogP contribution in [0.4, 0.5) is 0 Å². The van der Waals surface area contributed by atoms with Gasteiger partial charge < -0.3 is 14.5 Å². The van der Waals surface area contributed by atoms with Gasteiger partial charge in [0.25, 0.3) is 0 Å². The first-order valence-electron chi connectivity index (χ1n) is 6.36. The van der Waals surface area contributed by atoms with Gasteiger partial charge in [-0.15, -0.1) is 0 Å². The van der Waals surface area contributed by atoms with Gasteiger partial charge in [0.1, 0.15) is 0 Å². The Morgan fingerprint density at radius 1 is 0.857 bits per heavy atom. The lowest BCUT2D eigenvalue weighted by atomic mass is 10.0. The molecule has 1 atom stereocenters. The Morgan fingerprint density at radius 2 is 1.52 bits per heavy atom. The maximum Gasteiger partial charge on any atom is 0.365 e. The second-order valence-corrected chi connectivity index (χ2v) is 5.35. The van der Waals surface area contributed by atoms with Crippen LogP contribution in [0.25, 0.3) is 21.9 Å². The maximum atomic E-state index is 10.7. The zero-order valence-electron chi connectivity index (χ0n) is 11.0. The van der Waals surface area contributed by atoms with E-state index in [0.29, 0.717) is 0 Å². The van der Waals surface area contributed by atoms with Crippen molar-refractivity contribution in [3.63, 3.8) is 0 Å². The van der Waals surface area contributed by atoms with Gasteiger partial charge in [-0.1, -0.05) is 42.5 Å². The number of phenolic OH excluding ortho intramolecular Hbond substituents is 1. The molecule has 0 saturated heterocycles. The van der Waals surface area contributed by atoms with E-state index < -0.39 is 8.25 Å². The van der Waals surface area contributed by atoms with Crippen LogP contribution >= 0.6 is 8.25 Å². The quantitative estimate of drug-likeness (QED) is 0.718. The Labute approximate surface area is 122 Å². The van der Waals surface area contributed by atoms with E-state index in [-0.39, 0.29) is 11.5 Å². The van der Waals surface area contributed by atoms with Gasteiger partial charge in [0.2, 0.25) is 0 Å². The van der Waals surface area contributed by atoms with E-state index in [1.54, 1.807) is 6.07 Å². The first-order chi connectivity index (χ1) is 10.1. The molecule has 0 fully saturated rings. The van der Waals surface area contributed by atoms with Crippen molar-refractivity contribution in [1.82, 2.24) is 0 Å². The van der Waals surface area contributed by atoms with Crippen LogP contribution in [0.3, 0.4) is 0 Å². The van der Waals surface area contributed by atoms with Gasteiger partial charge >= 0.3 is 8.25 Å². The maximum absolute atomic E-state index is 10.7. The molecule has 0 aromatic heterocycles. The van der Waals surface area contributed by atoms with Crippen molar-refractivity contribution >= 4 is 19.0 Å². The SMILES string of the molecule is O=[PH](O)Oc1ccc(-c2ccc3ccccc3c2)cc1O. The zero-order chi connectivity index (χ0) is 14.8. The van der Waals surface area contributed by atoms with E-state index in [1.807, 2.05) is 42.5 Å². The fraction of sp³-hybridized carbons (Fsp3) is 0. The number of benzene rings is 3. The van der Waals surface area contributed by atoms with Crippen LogP contribution in [0.1, 0.15) is 0 Å². The number of rotatable bonds is 3. The third-order valence-corrected chi connectivity index (χ3v) is 3.63. The van der Waals surface area contributed by atoms with E-state index in [0.717, 1.165) is 21.9 Å². The Kier molecular flexibility index (Phi) is 3.65. The van der Waals surface area contributed by atoms with Crippen LogP contribution in [0.5, 0.6) is 11.5 Å². The highest BCUT2D eigenvalue weighted by atomic mass is 31.1. The lowest BCUT2D eigenvalue weighted by Crippen LogP contribution is -1.84. The number of hydrogen-bond acceptors (Lipinski definition) is 3. The molecular formula is C16H13O4P. The Morgan fingerprint density at radius 3 is 2.24 bits per heavy atom. The van der Waals surface area contributed by atoms with Crippen molar-refractivity contribution in [1.29, 1.82) is 0 Å². The van der Waals surface area contributed by atoms with Crippen LogP contribution in [0.2, 0.25) is 0 Å². The van der Waals surface area contributed by atoms with Crippen molar-refractivity contribution in [2.75, 3.05) is 0 Å². The van der Waals surface area contributed by atoms with E-state index in [9.17, 15) is 9.67 Å². The van der Waals surface area contributed by atoms with Crippen LogP contribution in [-0.2, 0) is 4.57 Å². The van der Waals surface area contributed by atoms with Gasteiger partial charge in [-0.05, 0) is 40.1 Å². The summed E-state index contributed by atoms with van der Waals surface area (Å²) in [6.45, 7) is 0. The Bertz CT molecular complexity index is 829. The highest BCUT2D eigenvalue weighted by Crippen LogP contribution is 2.36. The highest BCUT2D eigenvalue weighted by molar-refractivity contribution is 7.32. The molecule has 0 amide bonds. The zero-order valence-corrected chi connectivity index (χ0v) is 12.0. The number of aromatic hydroxyl groups is 1. The fourth-order valence-corrected chi connectivity index (χ4v) is 2.61. The van der Waals surface area contributed by atoms with E-state index in [2.05, 4.69) is 4.52 Å². The van der Waals surface area contributed by atoms with E-state index >= 15 is 0 Å². The molecule has 1 unspecified atom stereocenters. The molecule has 0 aliphatic rings. The molecule has 0 saturated carbocycles. The average Bonchev–Trinajstić information content (AvgIpc) is 2.48. The summed E-state index contributed by atoms with van der Waals surface area (Å²) in [6, 6.07) is 18.8. The number of phenols is 1. The molecule has 3 aromatic rings. The lowest BCUT2D eigenvalue weighted by molar-refractivity contribution is 0.389. The van der Waals surface area contributed by atoms with Crippen molar-refractivity contribution in [3.05, 3.63) is 60.7 Å². The van der Waals surface area contributed by atoms with Crippen molar-refractivity contribution in [3.8, 4) is 22.6 Å². The molecule has 3 rings (SSSR count). The van der Waals surface area contributed by atoms with Crippen LogP contribution in [0, 0.1) is 0 Å². The van der Waals surface area contributed by atoms with Gasteiger partial charge in [-0.25, -0.2) is 4.57 Å².